The van der Waals surface area contributed by atoms with Crippen LogP contribution in [0.25, 0.3) is 0 Å². The maximum Gasteiger partial charge on any atom is 0.310 e. The van der Waals surface area contributed by atoms with Gasteiger partial charge in [0, 0.05) is 21.8 Å². The molecule has 0 radical (unpaired) electrons. The Morgan fingerprint density at radius 2 is 1.81 bits per heavy atom. The van der Waals surface area contributed by atoms with Gasteiger partial charge < -0.3 is 10.1 Å². The highest BCUT2D eigenvalue weighted by Gasteiger charge is 2.15. The number of esters is 1. The molecule has 2 rings (SSSR count). The highest BCUT2D eigenvalue weighted by molar-refractivity contribution is 6.35. The first kappa shape index (κ1) is 20.0. The van der Waals surface area contributed by atoms with E-state index in [1.807, 2.05) is 0 Å². The minimum atomic E-state index is -0.673. The summed E-state index contributed by atoms with van der Waals surface area (Å²) in [7, 11) is 0. The van der Waals surface area contributed by atoms with E-state index in [4.69, 9.17) is 39.5 Å². The smallest absolute Gasteiger partial charge is 0.310 e. The minimum Gasteiger partial charge on any atom is -0.455 e. The summed E-state index contributed by atoms with van der Waals surface area (Å²) < 4.78 is 4.86. The first-order valence-electron chi connectivity index (χ1n) is 7.09. The number of anilines is 1. The van der Waals surface area contributed by atoms with Crippen LogP contribution < -0.4 is 5.32 Å². The van der Waals surface area contributed by atoms with Crippen LogP contribution in [0.1, 0.15) is 5.56 Å². The molecular formula is C16H11Cl3N2O5. The average Bonchev–Trinajstić information content (AvgIpc) is 2.57. The molecule has 0 saturated carbocycles. The van der Waals surface area contributed by atoms with Gasteiger partial charge in [-0.15, -0.1) is 0 Å². The van der Waals surface area contributed by atoms with Gasteiger partial charge in [0.25, 0.3) is 11.6 Å². The summed E-state index contributed by atoms with van der Waals surface area (Å²) in [6.07, 6.45) is -0.129. The number of carbonyl (C=O) groups is 2. The van der Waals surface area contributed by atoms with Gasteiger partial charge in [-0.05, 0) is 29.8 Å². The Morgan fingerprint density at radius 3 is 2.46 bits per heavy atom. The summed E-state index contributed by atoms with van der Waals surface area (Å²) in [5.41, 5.74) is 0.316. The van der Waals surface area contributed by atoms with E-state index in [1.165, 1.54) is 18.2 Å². The Balaban J connectivity index is 1.89. The zero-order chi connectivity index (χ0) is 19.3. The fourth-order valence-corrected chi connectivity index (χ4v) is 2.61. The number of nitrogens with one attached hydrogen (secondary N) is 1. The molecule has 7 nitrogen and oxygen atoms in total. The number of ether oxygens (including phenoxy) is 1. The van der Waals surface area contributed by atoms with Gasteiger partial charge in [0.1, 0.15) is 5.02 Å². The molecule has 2 aromatic carbocycles. The number of nitro groups is 1. The van der Waals surface area contributed by atoms with Gasteiger partial charge in [0.05, 0.1) is 11.3 Å². The van der Waals surface area contributed by atoms with Crippen molar-refractivity contribution in [1.29, 1.82) is 0 Å². The van der Waals surface area contributed by atoms with Gasteiger partial charge in [0.15, 0.2) is 6.61 Å². The van der Waals surface area contributed by atoms with Crippen molar-refractivity contribution in [3.8, 4) is 0 Å². The van der Waals surface area contributed by atoms with Crippen LogP contribution in [0, 0.1) is 10.1 Å². The average molecular weight is 418 g/mol. The van der Waals surface area contributed by atoms with Crippen LogP contribution in [0.5, 0.6) is 0 Å². The zero-order valence-corrected chi connectivity index (χ0v) is 15.3. The van der Waals surface area contributed by atoms with Crippen LogP contribution in [0.15, 0.2) is 36.4 Å². The molecule has 0 aromatic heterocycles. The van der Waals surface area contributed by atoms with E-state index < -0.39 is 23.4 Å². The number of halogens is 3. The lowest BCUT2D eigenvalue weighted by Crippen LogP contribution is -2.21. The van der Waals surface area contributed by atoms with Gasteiger partial charge >= 0.3 is 5.97 Å². The van der Waals surface area contributed by atoms with Crippen molar-refractivity contribution in [2.45, 2.75) is 6.42 Å². The van der Waals surface area contributed by atoms with Crippen LogP contribution in [-0.4, -0.2) is 23.4 Å². The first-order valence-corrected chi connectivity index (χ1v) is 8.23. The van der Waals surface area contributed by atoms with Gasteiger partial charge in [-0.1, -0.05) is 40.9 Å². The molecule has 1 amide bonds. The van der Waals surface area contributed by atoms with Gasteiger partial charge in [-0.25, -0.2) is 0 Å². The molecule has 0 atom stereocenters. The number of benzene rings is 2. The molecule has 0 aliphatic rings. The highest BCUT2D eigenvalue weighted by Crippen LogP contribution is 2.27. The lowest BCUT2D eigenvalue weighted by atomic mass is 10.1. The topological polar surface area (TPSA) is 98.5 Å². The van der Waals surface area contributed by atoms with Gasteiger partial charge in [-0.3, -0.25) is 19.7 Å². The summed E-state index contributed by atoms with van der Waals surface area (Å²) in [6, 6.07) is 8.43. The third kappa shape index (κ3) is 5.59. The number of carbonyl (C=O) groups excluding carboxylic acids is 2. The SMILES string of the molecule is O=C(COC(=O)Cc1ccc(Cl)cc1Cl)Nc1ccc(Cl)c([N+](=O)[O-])c1. The zero-order valence-electron chi connectivity index (χ0n) is 13.0. The Kier molecular flexibility index (Phi) is 6.79. The molecule has 136 valence electrons. The molecule has 1 N–H and O–H groups in total. The van der Waals surface area contributed by atoms with Crippen molar-refractivity contribution in [3.05, 3.63) is 67.1 Å². The van der Waals surface area contributed by atoms with Crippen LogP contribution in [0.2, 0.25) is 15.1 Å². The molecule has 10 heteroatoms. The van der Waals surface area contributed by atoms with Crippen LogP contribution in [0.4, 0.5) is 11.4 Å². The van der Waals surface area contributed by atoms with Crippen molar-refractivity contribution < 1.29 is 19.2 Å². The Morgan fingerprint density at radius 1 is 1.08 bits per heavy atom. The van der Waals surface area contributed by atoms with E-state index in [9.17, 15) is 19.7 Å². The third-order valence-corrected chi connectivity index (χ3v) is 4.05. The van der Waals surface area contributed by atoms with Crippen LogP contribution in [0.3, 0.4) is 0 Å². The largest absolute Gasteiger partial charge is 0.455 e. The predicted octanol–water partition coefficient (Wildman–Crippen LogP) is 4.28. The lowest BCUT2D eigenvalue weighted by Gasteiger charge is -2.08. The molecule has 0 aliphatic heterocycles. The second-order valence-corrected chi connectivity index (χ2v) is 6.30. The molecule has 0 saturated heterocycles. The molecule has 0 fully saturated rings. The first-order chi connectivity index (χ1) is 12.3. The number of nitro benzene ring substituents is 1. The molecule has 2 aromatic rings. The normalized spacial score (nSPS) is 10.3. The minimum absolute atomic E-state index is 0.0562. The van der Waals surface area contributed by atoms with Crippen LogP contribution >= 0.6 is 34.8 Å². The van der Waals surface area contributed by atoms with Gasteiger partial charge in [0.2, 0.25) is 0 Å². The van der Waals surface area contributed by atoms with Crippen LogP contribution in [-0.2, 0) is 20.7 Å². The summed E-state index contributed by atoms with van der Waals surface area (Å²) in [4.78, 5) is 33.8. The molecule has 0 bridgehead atoms. The number of amides is 1. The van der Waals surface area contributed by atoms with Crippen molar-refractivity contribution in [1.82, 2.24) is 0 Å². The van der Waals surface area contributed by atoms with E-state index in [0.29, 0.717) is 15.6 Å². The fourth-order valence-electron chi connectivity index (χ4n) is 1.95. The standard InChI is InChI=1S/C16H11Cl3N2O5/c17-10-2-1-9(13(19)6-10)5-16(23)26-8-15(22)20-11-3-4-12(18)14(7-11)21(24)25/h1-4,6-7H,5,8H2,(H,20,22). The third-order valence-electron chi connectivity index (χ3n) is 3.14. The molecule has 26 heavy (non-hydrogen) atoms. The molecule has 0 heterocycles. The van der Waals surface area contributed by atoms with Crippen molar-refractivity contribution in [3.63, 3.8) is 0 Å². The summed E-state index contributed by atoms with van der Waals surface area (Å²) >= 11 is 17.4. The Bertz CT molecular complexity index is 873. The Labute approximate surface area is 162 Å². The lowest BCUT2D eigenvalue weighted by molar-refractivity contribution is -0.384. The predicted molar refractivity (Wildman–Crippen MR) is 97.9 cm³/mol. The van der Waals surface area contributed by atoms with E-state index in [1.54, 1.807) is 12.1 Å². The van der Waals surface area contributed by atoms with E-state index >= 15 is 0 Å². The monoisotopic (exact) mass is 416 g/mol. The highest BCUT2D eigenvalue weighted by atomic mass is 35.5. The summed E-state index contributed by atoms with van der Waals surface area (Å²) in [6.45, 7) is -0.555. The number of hydrogen-bond donors (Lipinski definition) is 1. The number of hydrogen-bond acceptors (Lipinski definition) is 5. The number of nitrogens with zero attached hydrogens (tertiary/aromatic N) is 1. The quantitative estimate of drug-likeness (QED) is 0.430. The summed E-state index contributed by atoms with van der Waals surface area (Å²) in [5.74, 6) is -1.32. The molecule has 0 unspecified atom stereocenters. The van der Waals surface area contributed by atoms with E-state index in [0.717, 1.165) is 6.07 Å². The second-order valence-electron chi connectivity index (χ2n) is 5.04. The van der Waals surface area contributed by atoms with E-state index in [-0.39, 0.29) is 22.8 Å². The summed E-state index contributed by atoms with van der Waals surface area (Å²) in [5, 5.41) is 13.9. The second kappa shape index (κ2) is 8.84. The van der Waals surface area contributed by atoms with Crippen molar-refractivity contribution >= 4 is 58.1 Å². The Hall–Kier alpha value is -2.35. The van der Waals surface area contributed by atoms with E-state index in [2.05, 4.69) is 5.32 Å². The fraction of sp³-hybridized carbons (Fsp3) is 0.125. The van der Waals surface area contributed by atoms with Crippen molar-refractivity contribution in [2.24, 2.45) is 0 Å². The van der Waals surface area contributed by atoms with Gasteiger partial charge in [-0.2, -0.15) is 0 Å². The molecule has 0 spiro atoms. The molecule has 0 aliphatic carbocycles. The molecular weight excluding hydrogens is 407 g/mol. The number of rotatable bonds is 6. The van der Waals surface area contributed by atoms with Crippen molar-refractivity contribution in [2.75, 3.05) is 11.9 Å². The maximum absolute atomic E-state index is 11.8. The maximum atomic E-state index is 11.8.